The summed E-state index contributed by atoms with van der Waals surface area (Å²) < 4.78 is 11.9. The van der Waals surface area contributed by atoms with Gasteiger partial charge in [-0.25, -0.2) is 4.68 Å². The van der Waals surface area contributed by atoms with Crippen molar-refractivity contribution in [2.24, 2.45) is 0 Å². The van der Waals surface area contributed by atoms with Gasteiger partial charge in [-0.05, 0) is 12.8 Å². The number of nitriles is 1. The Morgan fingerprint density at radius 3 is 2.76 bits per heavy atom. The molecule has 6 heteroatoms. The standard InChI is InChI=1S/C11H18N4O2/c1-16-8-4-3-7-15-11(9-17-2)10(5-6-12)13-14-15/h3-5,7-9H2,1-2H3. The lowest BCUT2D eigenvalue weighted by atomic mass is 10.2. The van der Waals surface area contributed by atoms with Gasteiger partial charge in [0.05, 0.1) is 24.8 Å². The van der Waals surface area contributed by atoms with Gasteiger partial charge in [0.25, 0.3) is 0 Å². The Morgan fingerprint density at radius 1 is 1.29 bits per heavy atom. The van der Waals surface area contributed by atoms with Crippen LogP contribution in [0.15, 0.2) is 0 Å². The fraction of sp³-hybridized carbons (Fsp3) is 0.727. The molecule has 0 amide bonds. The van der Waals surface area contributed by atoms with Crippen LogP contribution in [0.3, 0.4) is 0 Å². The van der Waals surface area contributed by atoms with Crippen molar-refractivity contribution in [3.8, 4) is 6.07 Å². The zero-order valence-corrected chi connectivity index (χ0v) is 10.3. The van der Waals surface area contributed by atoms with Crippen LogP contribution < -0.4 is 0 Å². The van der Waals surface area contributed by atoms with Crippen molar-refractivity contribution in [2.75, 3.05) is 20.8 Å². The van der Waals surface area contributed by atoms with Crippen LogP contribution in [0.1, 0.15) is 24.2 Å². The summed E-state index contributed by atoms with van der Waals surface area (Å²) in [5, 5.41) is 16.7. The van der Waals surface area contributed by atoms with E-state index in [2.05, 4.69) is 16.4 Å². The summed E-state index contributed by atoms with van der Waals surface area (Å²) in [6, 6.07) is 2.08. The van der Waals surface area contributed by atoms with Gasteiger partial charge in [-0.3, -0.25) is 0 Å². The lowest BCUT2D eigenvalue weighted by molar-refractivity contribution is 0.173. The van der Waals surface area contributed by atoms with E-state index in [1.165, 1.54) is 0 Å². The normalized spacial score (nSPS) is 10.4. The Hall–Kier alpha value is -1.45. The first-order chi connectivity index (χ1) is 8.33. The minimum absolute atomic E-state index is 0.275. The van der Waals surface area contributed by atoms with Gasteiger partial charge in [-0.1, -0.05) is 5.21 Å². The van der Waals surface area contributed by atoms with Gasteiger partial charge in [0.2, 0.25) is 0 Å². The Bertz CT molecular complexity index is 370. The summed E-state index contributed by atoms with van der Waals surface area (Å²) >= 11 is 0. The average molecular weight is 238 g/mol. The van der Waals surface area contributed by atoms with E-state index in [0.717, 1.165) is 31.7 Å². The Labute approximate surface area is 101 Å². The predicted octanol–water partition coefficient (Wildman–Crippen LogP) is 0.917. The highest BCUT2D eigenvalue weighted by molar-refractivity contribution is 5.13. The third-order valence-electron chi connectivity index (χ3n) is 2.41. The molecule has 0 atom stereocenters. The number of methoxy groups -OCH3 is 2. The van der Waals surface area contributed by atoms with Crippen LogP contribution in [0.4, 0.5) is 0 Å². The second-order valence-corrected chi connectivity index (χ2v) is 3.67. The van der Waals surface area contributed by atoms with Crippen molar-refractivity contribution in [3.63, 3.8) is 0 Å². The average Bonchev–Trinajstić information content (AvgIpc) is 2.69. The topological polar surface area (TPSA) is 73.0 Å². The molecule has 0 aromatic carbocycles. The van der Waals surface area contributed by atoms with Gasteiger partial charge in [0.15, 0.2) is 0 Å². The van der Waals surface area contributed by atoms with E-state index < -0.39 is 0 Å². The van der Waals surface area contributed by atoms with Gasteiger partial charge in [0.1, 0.15) is 5.69 Å². The van der Waals surface area contributed by atoms with Crippen molar-refractivity contribution in [1.82, 2.24) is 15.0 Å². The van der Waals surface area contributed by atoms with Crippen LogP contribution in [0.5, 0.6) is 0 Å². The second-order valence-electron chi connectivity index (χ2n) is 3.67. The highest BCUT2D eigenvalue weighted by Crippen LogP contribution is 2.09. The van der Waals surface area contributed by atoms with Crippen LogP contribution in [-0.2, 0) is 29.0 Å². The molecule has 17 heavy (non-hydrogen) atoms. The smallest absolute Gasteiger partial charge is 0.102 e. The quantitative estimate of drug-likeness (QED) is 0.629. The van der Waals surface area contributed by atoms with Crippen LogP contribution in [0.25, 0.3) is 0 Å². The molecule has 1 aromatic heterocycles. The molecule has 0 radical (unpaired) electrons. The van der Waals surface area contributed by atoms with Gasteiger partial charge < -0.3 is 9.47 Å². The molecule has 0 saturated carbocycles. The fourth-order valence-corrected chi connectivity index (χ4v) is 1.56. The maximum absolute atomic E-state index is 8.68. The summed E-state index contributed by atoms with van der Waals surface area (Å²) in [6.45, 7) is 1.97. The summed E-state index contributed by atoms with van der Waals surface area (Å²) in [7, 11) is 3.31. The van der Waals surface area contributed by atoms with Crippen molar-refractivity contribution in [1.29, 1.82) is 5.26 Å². The number of hydrogen-bond donors (Lipinski definition) is 0. The van der Waals surface area contributed by atoms with E-state index in [0.29, 0.717) is 12.3 Å². The maximum atomic E-state index is 8.68. The third kappa shape index (κ3) is 4.13. The zero-order valence-electron chi connectivity index (χ0n) is 10.3. The maximum Gasteiger partial charge on any atom is 0.102 e. The molecule has 1 rings (SSSR count). The molecule has 0 aliphatic rings. The second kappa shape index (κ2) is 7.76. The third-order valence-corrected chi connectivity index (χ3v) is 2.41. The number of aromatic nitrogens is 3. The number of rotatable bonds is 8. The molecule has 0 aliphatic carbocycles. The first-order valence-corrected chi connectivity index (χ1v) is 5.59. The molecule has 6 nitrogen and oxygen atoms in total. The predicted molar refractivity (Wildman–Crippen MR) is 61.2 cm³/mol. The van der Waals surface area contributed by atoms with Crippen LogP contribution >= 0.6 is 0 Å². The lowest BCUT2D eigenvalue weighted by Crippen LogP contribution is -2.08. The molecule has 0 fully saturated rings. The number of aryl methyl sites for hydroxylation is 1. The van der Waals surface area contributed by atoms with E-state index in [-0.39, 0.29) is 6.42 Å². The summed E-state index contributed by atoms with van der Waals surface area (Å²) in [6.07, 6.45) is 2.23. The van der Waals surface area contributed by atoms with E-state index in [1.807, 2.05) is 4.68 Å². The molecular weight excluding hydrogens is 220 g/mol. The van der Waals surface area contributed by atoms with Crippen molar-refractivity contribution < 1.29 is 9.47 Å². The van der Waals surface area contributed by atoms with Gasteiger partial charge in [0, 0.05) is 27.4 Å². The monoisotopic (exact) mass is 238 g/mol. The molecule has 0 N–H and O–H groups in total. The van der Waals surface area contributed by atoms with Gasteiger partial charge in [-0.15, -0.1) is 5.10 Å². The molecule has 0 unspecified atom stereocenters. The summed E-state index contributed by atoms with van der Waals surface area (Å²) in [5.41, 5.74) is 1.60. The number of nitrogens with zero attached hydrogens (tertiary/aromatic N) is 4. The Balaban J connectivity index is 2.60. The molecule has 94 valence electrons. The largest absolute Gasteiger partial charge is 0.385 e. The van der Waals surface area contributed by atoms with Crippen molar-refractivity contribution in [3.05, 3.63) is 11.4 Å². The highest BCUT2D eigenvalue weighted by atomic mass is 16.5. The molecule has 0 aliphatic heterocycles. The van der Waals surface area contributed by atoms with Gasteiger partial charge >= 0.3 is 0 Å². The van der Waals surface area contributed by atoms with E-state index in [9.17, 15) is 0 Å². The minimum Gasteiger partial charge on any atom is -0.385 e. The lowest BCUT2D eigenvalue weighted by Gasteiger charge is -2.06. The minimum atomic E-state index is 0.275. The molecule has 0 saturated heterocycles. The Morgan fingerprint density at radius 2 is 2.12 bits per heavy atom. The molecule has 0 bridgehead atoms. The molecular formula is C11H18N4O2. The van der Waals surface area contributed by atoms with E-state index >= 15 is 0 Å². The van der Waals surface area contributed by atoms with E-state index in [1.54, 1.807) is 14.2 Å². The fourth-order valence-electron chi connectivity index (χ4n) is 1.56. The SMILES string of the molecule is COCCCCn1nnc(CC#N)c1COC. The zero-order chi connectivity index (χ0) is 12.5. The molecule has 1 aromatic rings. The van der Waals surface area contributed by atoms with E-state index in [4.69, 9.17) is 14.7 Å². The first-order valence-electron chi connectivity index (χ1n) is 5.59. The number of hydrogen-bond acceptors (Lipinski definition) is 5. The van der Waals surface area contributed by atoms with Crippen LogP contribution in [0.2, 0.25) is 0 Å². The number of unbranched alkanes of at least 4 members (excludes halogenated alkanes) is 1. The Kier molecular flexibility index (Phi) is 6.22. The van der Waals surface area contributed by atoms with Crippen LogP contribution in [-0.4, -0.2) is 35.8 Å². The number of ether oxygens (including phenoxy) is 2. The summed E-state index contributed by atoms with van der Waals surface area (Å²) in [4.78, 5) is 0. The van der Waals surface area contributed by atoms with Crippen molar-refractivity contribution >= 4 is 0 Å². The van der Waals surface area contributed by atoms with Crippen LogP contribution in [0, 0.1) is 11.3 Å². The molecule has 0 spiro atoms. The van der Waals surface area contributed by atoms with Gasteiger partial charge in [-0.2, -0.15) is 5.26 Å². The van der Waals surface area contributed by atoms with Crippen molar-refractivity contribution in [2.45, 2.75) is 32.4 Å². The highest BCUT2D eigenvalue weighted by Gasteiger charge is 2.11. The first kappa shape index (κ1) is 13.6. The molecule has 1 heterocycles. The summed E-state index contributed by atoms with van der Waals surface area (Å²) in [5.74, 6) is 0.